The third-order valence-corrected chi connectivity index (χ3v) is 3.70. The fourth-order valence-corrected chi connectivity index (χ4v) is 2.57. The molecule has 1 N–H and O–H groups in total. The standard InChI is InChI=1S/C13H20N6S/c1-10(2)15-4-5-19-13(16-17-18-19)20-9-12-6-11(3)7-14-8-12/h6-8,10,15H,4-5,9H2,1-3H3. The number of tetrazole rings is 1. The van der Waals surface area contributed by atoms with E-state index in [1.54, 1.807) is 11.8 Å². The summed E-state index contributed by atoms with van der Waals surface area (Å²) in [6.07, 6.45) is 3.74. The van der Waals surface area contributed by atoms with E-state index < -0.39 is 0 Å². The van der Waals surface area contributed by atoms with Crippen LogP contribution in [0.25, 0.3) is 0 Å². The summed E-state index contributed by atoms with van der Waals surface area (Å²) in [7, 11) is 0. The van der Waals surface area contributed by atoms with E-state index in [-0.39, 0.29) is 0 Å². The average molecular weight is 292 g/mol. The first-order valence-corrected chi connectivity index (χ1v) is 7.66. The lowest BCUT2D eigenvalue weighted by molar-refractivity contribution is 0.485. The molecule has 0 aliphatic rings. The Morgan fingerprint density at radius 2 is 2.20 bits per heavy atom. The number of pyridine rings is 1. The highest BCUT2D eigenvalue weighted by Gasteiger charge is 2.07. The fraction of sp³-hybridized carbons (Fsp3) is 0.538. The molecule has 0 aromatic carbocycles. The molecule has 0 fully saturated rings. The van der Waals surface area contributed by atoms with Gasteiger partial charge in [0.2, 0.25) is 5.16 Å². The Morgan fingerprint density at radius 1 is 1.35 bits per heavy atom. The molecule has 2 aromatic rings. The summed E-state index contributed by atoms with van der Waals surface area (Å²) in [5.41, 5.74) is 2.36. The van der Waals surface area contributed by atoms with Crippen molar-refractivity contribution in [2.24, 2.45) is 0 Å². The van der Waals surface area contributed by atoms with Crippen LogP contribution in [0.5, 0.6) is 0 Å². The molecule has 2 rings (SSSR count). The highest BCUT2D eigenvalue weighted by molar-refractivity contribution is 7.98. The molecule has 2 heterocycles. The van der Waals surface area contributed by atoms with Gasteiger partial charge in [0, 0.05) is 30.7 Å². The van der Waals surface area contributed by atoms with Gasteiger partial charge in [0.1, 0.15) is 0 Å². The molecule has 7 heteroatoms. The van der Waals surface area contributed by atoms with Gasteiger partial charge >= 0.3 is 0 Å². The van der Waals surface area contributed by atoms with Gasteiger partial charge < -0.3 is 5.32 Å². The number of nitrogens with zero attached hydrogens (tertiary/aromatic N) is 5. The van der Waals surface area contributed by atoms with E-state index in [2.05, 4.69) is 45.7 Å². The minimum absolute atomic E-state index is 0.473. The van der Waals surface area contributed by atoms with Gasteiger partial charge in [0.25, 0.3) is 0 Å². The highest BCUT2D eigenvalue weighted by atomic mass is 32.2. The molecule has 0 saturated heterocycles. The third kappa shape index (κ3) is 4.57. The lowest BCUT2D eigenvalue weighted by atomic mass is 10.2. The van der Waals surface area contributed by atoms with E-state index in [4.69, 9.17) is 0 Å². The number of thioether (sulfide) groups is 1. The maximum atomic E-state index is 4.19. The third-order valence-electron chi connectivity index (χ3n) is 2.67. The van der Waals surface area contributed by atoms with Gasteiger partial charge in [-0.25, -0.2) is 4.68 Å². The fourth-order valence-electron chi connectivity index (χ4n) is 1.74. The van der Waals surface area contributed by atoms with Crippen LogP contribution in [-0.4, -0.2) is 37.8 Å². The largest absolute Gasteiger partial charge is 0.313 e. The molecule has 0 radical (unpaired) electrons. The molecule has 2 aromatic heterocycles. The SMILES string of the molecule is Cc1cncc(CSc2nnnn2CCNC(C)C)c1. The summed E-state index contributed by atoms with van der Waals surface area (Å²) >= 11 is 1.63. The Bertz CT molecular complexity index is 539. The van der Waals surface area contributed by atoms with Gasteiger partial charge in [0.05, 0.1) is 6.54 Å². The van der Waals surface area contributed by atoms with Crippen LogP contribution < -0.4 is 5.32 Å². The Balaban J connectivity index is 1.88. The minimum Gasteiger partial charge on any atom is -0.313 e. The van der Waals surface area contributed by atoms with Crippen molar-refractivity contribution in [1.82, 2.24) is 30.5 Å². The molecule has 0 unspecified atom stereocenters. The summed E-state index contributed by atoms with van der Waals surface area (Å²) in [5, 5.41) is 16.0. The van der Waals surface area contributed by atoms with E-state index in [9.17, 15) is 0 Å². The first-order chi connectivity index (χ1) is 9.65. The van der Waals surface area contributed by atoms with Gasteiger partial charge in [-0.3, -0.25) is 4.98 Å². The van der Waals surface area contributed by atoms with E-state index >= 15 is 0 Å². The highest BCUT2D eigenvalue weighted by Crippen LogP contribution is 2.19. The normalized spacial score (nSPS) is 11.2. The molecular formula is C13H20N6S. The molecule has 0 atom stereocenters. The maximum absolute atomic E-state index is 4.19. The van der Waals surface area contributed by atoms with Gasteiger partial charge in [-0.2, -0.15) is 0 Å². The zero-order valence-corrected chi connectivity index (χ0v) is 12.9. The van der Waals surface area contributed by atoms with Gasteiger partial charge in [-0.05, 0) is 28.5 Å². The van der Waals surface area contributed by atoms with E-state index in [0.29, 0.717) is 6.04 Å². The predicted molar refractivity (Wildman–Crippen MR) is 79.5 cm³/mol. The number of rotatable bonds is 7. The molecule has 0 aliphatic heterocycles. The number of hydrogen-bond donors (Lipinski definition) is 1. The van der Waals surface area contributed by atoms with Crippen LogP contribution in [0.15, 0.2) is 23.6 Å². The van der Waals surface area contributed by atoms with Crippen molar-refractivity contribution in [2.75, 3.05) is 6.54 Å². The van der Waals surface area contributed by atoms with Crippen LogP contribution in [0.2, 0.25) is 0 Å². The molecular weight excluding hydrogens is 272 g/mol. The lowest BCUT2D eigenvalue weighted by Gasteiger charge is -2.08. The quantitative estimate of drug-likeness (QED) is 0.783. The Labute approximate surface area is 123 Å². The second kappa shape index (κ2) is 7.35. The van der Waals surface area contributed by atoms with Gasteiger partial charge in [-0.1, -0.05) is 31.7 Å². The summed E-state index contributed by atoms with van der Waals surface area (Å²) in [5.74, 6) is 0.826. The summed E-state index contributed by atoms with van der Waals surface area (Å²) in [6.45, 7) is 7.94. The maximum Gasteiger partial charge on any atom is 0.209 e. The second-order valence-electron chi connectivity index (χ2n) is 4.95. The Kier molecular flexibility index (Phi) is 5.49. The smallest absolute Gasteiger partial charge is 0.209 e. The monoisotopic (exact) mass is 292 g/mol. The van der Waals surface area contributed by atoms with Crippen LogP contribution in [0.1, 0.15) is 25.0 Å². The molecule has 0 amide bonds. The molecule has 20 heavy (non-hydrogen) atoms. The molecule has 0 aliphatic carbocycles. The van der Waals surface area contributed by atoms with E-state index in [1.807, 2.05) is 24.0 Å². The molecule has 0 bridgehead atoms. The van der Waals surface area contributed by atoms with Crippen LogP contribution >= 0.6 is 11.8 Å². The lowest BCUT2D eigenvalue weighted by Crippen LogP contribution is -2.27. The number of aryl methyl sites for hydroxylation is 1. The first kappa shape index (κ1) is 14.9. The Hall–Kier alpha value is -1.47. The van der Waals surface area contributed by atoms with E-state index in [0.717, 1.165) is 24.0 Å². The van der Waals surface area contributed by atoms with Crippen molar-refractivity contribution in [3.63, 3.8) is 0 Å². The van der Waals surface area contributed by atoms with Crippen molar-refractivity contribution >= 4 is 11.8 Å². The minimum atomic E-state index is 0.473. The van der Waals surface area contributed by atoms with Crippen LogP contribution in [-0.2, 0) is 12.3 Å². The number of aromatic nitrogens is 5. The van der Waals surface area contributed by atoms with Crippen molar-refractivity contribution in [1.29, 1.82) is 0 Å². The summed E-state index contributed by atoms with van der Waals surface area (Å²) in [6, 6.07) is 2.61. The van der Waals surface area contributed by atoms with Crippen LogP contribution in [0.4, 0.5) is 0 Å². The van der Waals surface area contributed by atoms with Crippen LogP contribution in [0, 0.1) is 6.92 Å². The van der Waals surface area contributed by atoms with E-state index in [1.165, 1.54) is 11.1 Å². The van der Waals surface area contributed by atoms with Gasteiger partial charge in [-0.15, -0.1) is 5.10 Å². The summed E-state index contributed by atoms with van der Waals surface area (Å²) < 4.78 is 1.84. The number of hydrogen-bond acceptors (Lipinski definition) is 6. The number of nitrogens with one attached hydrogen (secondary N) is 1. The molecule has 0 spiro atoms. The zero-order valence-electron chi connectivity index (χ0n) is 12.1. The average Bonchev–Trinajstić information content (AvgIpc) is 2.84. The summed E-state index contributed by atoms with van der Waals surface area (Å²) in [4.78, 5) is 4.19. The second-order valence-corrected chi connectivity index (χ2v) is 5.90. The topological polar surface area (TPSA) is 68.5 Å². The van der Waals surface area contributed by atoms with Crippen molar-refractivity contribution in [3.8, 4) is 0 Å². The predicted octanol–water partition coefficient (Wildman–Crippen LogP) is 1.67. The molecule has 0 saturated carbocycles. The molecule has 108 valence electrons. The van der Waals surface area contributed by atoms with Gasteiger partial charge in [0.15, 0.2) is 0 Å². The molecule has 6 nitrogen and oxygen atoms in total. The van der Waals surface area contributed by atoms with Crippen molar-refractivity contribution < 1.29 is 0 Å². The Morgan fingerprint density at radius 3 is 2.95 bits per heavy atom. The zero-order chi connectivity index (χ0) is 14.4. The van der Waals surface area contributed by atoms with Crippen LogP contribution in [0.3, 0.4) is 0 Å². The van der Waals surface area contributed by atoms with Crippen molar-refractivity contribution in [2.45, 2.75) is 44.3 Å². The van der Waals surface area contributed by atoms with Crippen molar-refractivity contribution in [3.05, 3.63) is 29.6 Å². The first-order valence-electron chi connectivity index (χ1n) is 6.68.